The minimum Gasteiger partial charge on any atom is -0.354 e. The number of nitrogens with one attached hydrogen (secondary N) is 1. The summed E-state index contributed by atoms with van der Waals surface area (Å²) in [6.07, 6.45) is 2.35. The van der Waals surface area contributed by atoms with Crippen molar-refractivity contribution in [3.63, 3.8) is 0 Å². The molecular formula is C12H26ClN3O. The van der Waals surface area contributed by atoms with Crippen molar-refractivity contribution in [1.82, 2.24) is 10.2 Å². The largest absolute Gasteiger partial charge is 0.354 e. The lowest BCUT2D eigenvalue weighted by atomic mass is 9.96. The minimum absolute atomic E-state index is 0. The molecule has 0 spiro atoms. The maximum absolute atomic E-state index is 11.6. The molecule has 0 saturated carbocycles. The van der Waals surface area contributed by atoms with Crippen molar-refractivity contribution < 1.29 is 4.79 Å². The molecule has 1 amide bonds. The van der Waals surface area contributed by atoms with Crippen molar-refractivity contribution in [3.05, 3.63) is 0 Å². The van der Waals surface area contributed by atoms with Crippen LogP contribution in [0, 0.1) is 11.8 Å². The predicted molar refractivity (Wildman–Crippen MR) is 73.3 cm³/mol. The van der Waals surface area contributed by atoms with Crippen LogP contribution < -0.4 is 11.1 Å². The van der Waals surface area contributed by atoms with Gasteiger partial charge in [-0.15, -0.1) is 12.4 Å². The highest BCUT2D eigenvalue weighted by Gasteiger charge is 2.20. The average molecular weight is 264 g/mol. The number of hydrogen-bond acceptors (Lipinski definition) is 3. The monoisotopic (exact) mass is 263 g/mol. The van der Waals surface area contributed by atoms with E-state index in [4.69, 9.17) is 5.73 Å². The average Bonchev–Trinajstić information content (AvgIpc) is 2.26. The molecule has 1 rings (SSSR count). The van der Waals surface area contributed by atoms with E-state index in [2.05, 4.69) is 17.3 Å². The summed E-state index contributed by atoms with van der Waals surface area (Å²) in [5.41, 5.74) is 5.78. The molecule has 0 unspecified atom stereocenters. The molecule has 5 heteroatoms. The van der Waals surface area contributed by atoms with Crippen LogP contribution in [-0.4, -0.2) is 43.5 Å². The summed E-state index contributed by atoms with van der Waals surface area (Å²) in [6.45, 7) is 7.00. The summed E-state index contributed by atoms with van der Waals surface area (Å²) >= 11 is 0. The van der Waals surface area contributed by atoms with Gasteiger partial charge in [-0.25, -0.2) is 0 Å². The lowest BCUT2D eigenvalue weighted by Crippen LogP contribution is -2.46. The molecule has 1 aliphatic rings. The fourth-order valence-corrected chi connectivity index (χ4v) is 1.93. The van der Waals surface area contributed by atoms with E-state index in [0.717, 1.165) is 19.6 Å². The third-order valence-corrected chi connectivity index (χ3v) is 3.42. The van der Waals surface area contributed by atoms with Gasteiger partial charge in [0.25, 0.3) is 0 Å². The van der Waals surface area contributed by atoms with Gasteiger partial charge < -0.3 is 16.0 Å². The van der Waals surface area contributed by atoms with E-state index >= 15 is 0 Å². The first-order valence-electron chi connectivity index (χ1n) is 6.22. The van der Waals surface area contributed by atoms with Gasteiger partial charge in [0.2, 0.25) is 5.91 Å². The highest BCUT2D eigenvalue weighted by atomic mass is 35.5. The Morgan fingerprint density at radius 1 is 1.41 bits per heavy atom. The number of nitrogens with zero attached hydrogens (tertiary/aromatic N) is 1. The number of carbonyl (C=O) groups excluding carboxylic acids is 1. The summed E-state index contributed by atoms with van der Waals surface area (Å²) in [4.78, 5) is 14.0. The van der Waals surface area contributed by atoms with Gasteiger partial charge in [0.1, 0.15) is 0 Å². The number of rotatable bonds is 4. The molecule has 3 N–H and O–H groups in total. The van der Waals surface area contributed by atoms with Crippen LogP contribution in [-0.2, 0) is 4.79 Å². The molecule has 1 aliphatic heterocycles. The van der Waals surface area contributed by atoms with E-state index in [1.807, 2.05) is 13.8 Å². The third-order valence-electron chi connectivity index (χ3n) is 3.42. The number of carbonyl (C=O) groups is 1. The quantitative estimate of drug-likeness (QED) is 0.791. The van der Waals surface area contributed by atoms with Gasteiger partial charge in [-0.2, -0.15) is 0 Å². The van der Waals surface area contributed by atoms with E-state index in [9.17, 15) is 4.79 Å². The zero-order chi connectivity index (χ0) is 12.1. The number of nitrogens with two attached hydrogens (primary N) is 1. The van der Waals surface area contributed by atoms with Gasteiger partial charge in [0, 0.05) is 6.54 Å². The van der Waals surface area contributed by atoms with E-state index in [1.54, 1.807) is 0 Å². The van der Waals surface area contributed by atoms with Crippen LogP contribution in [0.15, 0.2) is 0 Å². The van der Waals surface area contributed by atoms with Crippen LogP contribution in [0.1, 0.15) is 26.7 Å². The number of amides is 1. The molecule has 102 valence electrons. The molecule has 1 saturated heterocycles. The fourth-order valence-electron chi connectivity index (χ4n) is 1.93. The first-order chi connectivity index (χ1) is 7.50. The third kappa shape index (κ3) is 5.70. The zero-order valence-corrected chi connectivity index (χ0v) is 11.9. The van der Waals surface area contributed by atoms with Crippen molar-refractivity contribution in [2.24, 2.45) is 17.6 Å². The zero-order valence-electron chi connectivity index (χ0n) is 11.1. The van der Waals surface area contributed by atoms with Crippen molar-refractivity contribution in [2.75, 3.05) is 26.7 Å². The van der Waals surface area contributed by atoms with E-state index in [1.165, 1.54) is 12.8 Å². The maximum Gasteiger partial charge on any atom is 0.237 e. The Balaban J connectivity index is 0.00000256. The second-order valence-electron chi connectivity index (χ2n) is 5.26. The Hall–Kier alpha value is -0.320. The van der Waals surface area contributed by atoms with Gasteiger partial charge in [-0.05, 0) is 44.8 Å². The molecule has 0 bridgehead atoms. The van der Waals surface area contributed by atoms with Gasteiger partial charge in [0.15, 0.2) is 0 Å². The lowest BCUT2D eigenvalue weighted by molar-refractivity contribution is -0.123. The van der Waals surface area contributed by atoms with Gasteiger partial charge in [0.05, 0.1) is 6.04 Å². The molecule has 0 aromatic rings. The second-order valence-corrected chi connectivity index (χ2v) is 5.26. The molecule has 0 aromatic heterocycles. The van der Waals surface area contributed by atoms with Crippen molar-refractivity contribution >= 4 is 18.3 Å². The van der Waals surface area contributed by atoms with Crippen molar-refractivity contribution in [2.45, 2.75) is 32.7 Å². The molecule has 17 heavy (non-hydrogen) atoms. The number of halogens is 1. The summed E-state index contributed by atoms with van der Waals surface area (Å²) in [6, 6.07) is -0.369. The Labute approximate surface area is 111 Å². The molecule has 1 heterocycles. The molecule has 1 fully saturated rings. The van der Waals surface area contributed by atoms with E-state index in [-0.39, 0.29) is 30.3 Å². The van der Waals surface area contributed by atoms with Crippen LogP contribution in [0.25, 0.3) is 0 Å². The standard InChI is InChI=1S/C12H25N3O.ClH/c1-9(2)11(13)12(16)14-8-10-4-6-15(3)7-5-10;/h9-11H,4-8,13H2,1-3H3,(H,14,16);1H/t11-;/m0./s1. The highest BCUT2D eigenvalue weighted by Crippen LogP contribution is 2.14. The van der Waals surface area contributed by atoms with Crippen molar-refractivity contribution in [3.8, 4) is 0 Å². The van der Waals surface area contributed by atoms with E-state index < -0.39 is 0 Å². The van der Waals surface area contributed by atoms with Gasteiger partial charge in [-0.1, -0.05) is 13.8 Å². The summed E-state index contributed by atoms with van der Waals surface area (Å²) in [5, 5.41) is 2.97. The molecule has 0 aliphatic carbocycles. The molecule has 0 aromatic carbocycles. The van der Waals surface area contributed by atoms with Crippen LogP contribution in [0.2, 0.25) is 0 Å². The van der Waals surface area contributed by atoms with Gasteiger partial charge in [-0.3, -0.25) is 4.79 Å². The van der Waals surface area contributed by atoms with Crippen molar-refractivity contribution in [1.29, 1.82) is 0 Å². The van der Waals surface area contributed by atoms with Crippen LogP contribution in [0.3, 0.4) is 0 Å². The Kier molecular flexibility index (Phi) is 7.75. The molecular weight excluding hydrogens is 238 g/mol. The summed E-state index contributed by atoms with van der Waals surface area (Å²) in [5.74, 6) is 0.825. The second kappa shape index (κ2) is 7.90. The topological polar surface area (TPSA) is 58.4 Å². The summed E-state index contributed by atoms with van der Waals surface area (Å²) in [7, 11) is 2.14. The number of hydrogen-bond donors (Lipinski definition) is 2. The summed E-state index contributed by atoms with van der Waals surface area (Å²) < 4.78 is 0. The first-order valence-corrected chi connectivity index (χ1v) is 6.22. The van der Waals surface area contributed by atoms with Crippen LogP contribution >= 0.6 is 12.4 Å². The fraction of sp³-hybridized carbons (Fsp3) is 0.917. The molecule has 0 radical (unpaired) electrons. The molecule has 4 nitrogen and oxygen atoms in total. The molecule has 1 atom stereocenters. The Bertz CT molecular complexity index is 228. The van der Waals surface area contributed by atoms with Crippen LogP contribution in [0.5, 0.6) is 0 Å². The Morgan fingerprint density at radius 2 is 1.94 bits per heavy atom. The smallest absolute Gasteiger partial charge is 0.237 e. The van der Waals surface area contributed by atoms with Crippen LogP contribution in [0.4, 0.5) is 0 Å². The van der Waals surface area contributed by atoms with E-state index in [0.29, 0.717) is 5.92 Å². The number of likely N-dealkylation sites (tertiary alicyclic amines) is 1. The minimum atomic E-state index is -0.369. The van der Waals surface area contributed by atoms with Gasteiger partial charge >= 0.3 is 0 Å². The lowest BCUT2D eigenvalue weighted by Gasteiger charge is -2.29. The normalized spacial score (nSPS) is 19.8. The number of piperidine rings is 1. The Morgan fingerprint density at radius 3 is 2.41 bits per heavy atom. The predicted octanol–water partition coefficient (Wildman–Crippen LogP) is 0.849. The SMILES string of the molecule is CC(C)[C@H](N)C(=O)NCC1CCN(C)CC1.Cl. The maximum atomic E-state index is 11.6. The first kappa shape index (κ1) is 16.7. The highest BCUT2D eigenvalue weighted by molar-refractivity contribution is 5.85.